The fraction of sp³-hybridized carbons (Fsp3) is 0.500. The summed E-state index contributed by atoms with van der Waals surface area (Å²) >= 11 is 0. The third kappa shape index (κ3) is 2.75. The monoisotopic (exact) mass is 268 g/mol. The molecule has 0 saturated carbocycles. The highest BCUT2D eigenvalue weighted by Crippen LogP contribution is 2.44. The van der Waals surface area contributed by atoms with Gasteiger partial charge in [0, 0.05) is 5.56 Å². The Morgan fingerprint density at radius 3 is 1.95 bits per heavy atom. The van der Waals surface area contributed by atoms with Crippen LogP contribution in [0, 0.1) is 0 Å². The molecule has 5 heteroatoms. The molecule has 1 aromatic carbocycles. The number of hydrogen-bond donors (Lipinski definition) is 0. The SMILES string of the molecule is COC(=O)c1cc(OC)c(C(C)C)c(OC)c1OC. The van der Waals surface area contributed by atoms with E-state index in [1.165, 1.54) is 21.3 Å². The van der Waals surface area contributed by atoms with Gasteiger partial charge in [-0.05, 0) is 12.0 Å². The van der Waals surface area contributed by atoms with Crippen LogP contribution in [0.15, 0.2) is 6.07 Å². The van der Waals surface area contributed by atoms with Crippen molar-refractivity contribution in [2.24, 2.45) is 0 Å². The van der Waals surface area contributed by atoms with E-state index in [4.69, 9.17) is 18.9 Å². The minimum atomic E-state index is -0.497. The fourth-order valence-corrected chi connectivity index (χ4v) is 2.01. The topological polar surface area (TPSA) is 54.0 Å². The number of benzene rings is 1. The maximum atomic E-state index is 11.8. The number of carbonyl (C=O) groups excluding carboxylic acids is 1. The normalized spacial score (nSPS) is 10.3. The summed E-state index contributed by atoms with van der Waals surface area (Å²) in [7, 11) is 5.89. The Labute approximate surface area is 113 Å². The van der Waals surface area contributed by atoms with E-state index in [0.717, 1.165) is 5.56 Å². The summed E-state index contributed by atoms with van der Waals surface area (Å²) in [5.74, 6) is 1.10. The lowest BCUT2D eigenvalue weighted by atomic mass is 9.97. The second-order valence-electron chi connectivity index (χ2n) is 4.25. The Balaban J connectivity index is 3.65. The van der Waals surface area contributed by atoms with E-state index in [2.05, 4.69) is 0 Å². The highest BCUT2D eigenvalue weighted by atomic mass is 16.5. The van der Waals surface area contributed by atoms with Crippen molar-refractivity contribution in [3.63, 3.8) is 0 Å². The van der Waals surface area contributed by atoms with Gasteiger partial charge < -0.3 is 18.9 Å². The molecule has 5 nitrogen and oxygen atoms in total. The van der Waals surface area contributed by atoms with E-state index in [-0.39, 0.29) is 11.5 Å². The molecular formula is C14H20O5. The first-order chi connectivity index (χ1) is 9.01. The first-order valence-corrected chi connectivity index (χ1v) is 5.92. The Hall–Kier alpha value is -1.91. The summed E-state index contributed by atoms with van der Waals surface area (Å²) in [4.78, 5) is 11.8. The van der Waals surface area contributed by atoms with Crippen LogP contribution in [0.1, 0.15) is 35.7 Å². The molecular weight excluding hydrogens is 248 g/mol. The standard InChI is InChI=1S/C14H20O5/c1-8(2)11-10(16-3)7-9(14(15)19-6)12(17-4)13(11)18-5/h7-8H,1-6H3. The summed E-state index contributed by atoms with van der Waals surface area (Å²) in [5.41, 5.74) is 1.14. The number of esters is 1. The lowest BCUT2D eigenvalue weighted by molar-refractivity contribution is 0.0596. The highest BCUT2D eigenvalue weighted by molar-refractivity contribution is 5.94. The van der Waals surface area contributed by atoms with Crippen molar-refractivity contribution in [1.29, 1.82) is 0 Å². The third-order valence-corrected chi connectivity index (χ3v) is 2.85. The largest absolute Gasteiger partial charge is 0.496 e. The summed E-state index contributed by atoms with van der Waals surface area (Å²) in [6.45, 7) is 4.02. The summed E-state index contributed by atoms with van der Waals surface area (Å²) < 4.78 is 20.8. The molecule has 0 aliphatic rings. The van der Waals surface area contributed by atoms with E-state index in [1.807, 2.05) is 13.8 Å². The van der Waals surface area contributed by atoms with E-state index < -0.39 is 5.97 Å². The van der Waals surface area contributed by atoms with Gasteiger partial charge in [0.25, 0.3) is 0 Å². The molecule has 0 aromatic heterocycles. The van der Waals surface area contributed by atoms with Crippen LogP contribution in [0.4, 0.5) is 0 Å². The van der Waals surface area contributed by atoms with Crippen LogP contribution in [0.2, 0.25) is 0 Å². The van der Waals surface area contributed by atoms with Gasteiger partial charge in [0.1, 0.15) is 11.3 Å². The molecule has 19 heavy (non-hydrogen) atoms. The molecule has 0 aliphatic carbocycles. The van der Waals surface area contributed by atoms with Crippen molar-refractivity contribution < 1.29 is 23.7 Å². The molecule has 1 rings (SSSR count). The van der Waals surface area contributed by atoms with Crippen LogP contribution in [0.25, 0.3) is 0 Å². The first kappa shape index (κ1) is 15.1. The van der Waals surface area contributed by atoms with Crippen molar-refractivity contribution in [3.8, 4) is 17.2 Å². The van der Waals surface area contributed by atoms with Crippen LogP contribution in [0.5, 0.6) is 17.2 Å². The molecule has 0 N–H and O–H groups in total. The van der Waals surface area contributed by atoms with Crippen molar-refractivity contribution >= 4 is 5.97 Å². The zero-order valence-electron chi connectivity index (χ0n) is 12.2. The molecule has 0 amide bonds. The predicted molar refractivity (Wildman–Crippen MR) is 71.5 cm³/mol. The molecule has 0 bridgehead atoms. The van der Waals surface area contributed by atoms with Crippen molar-refractivity contribution in [3.05, 3.63) is 17.2 Å². The third-order valence-electron chi connectivity index (χ3n) is 2.85. The Morgan fingerprint density at radius 2 is 1.58 bits per heavy atom. The smallest absolute Gasteiger partial charge is 0.341 e. The van der Waals surface area contributed by atoms with Gasteiger partial charge in [-0.1, -0.05) is 13.8 Å². The molecule has 0 spiro atoms. The average molecular weight is 268 g/mol. The van der Waals surface area contributed by atoms with Gasteiger partial charge in [0.2, 0.25) is 0 Å². The number of methoxy groups -OCH3 is 4. The quantitative estimate of drug-likeness (QED) is 0.768. The average Bonchev–Trinajstić information content (AvgIpc) is 2.43. The van der Waals surface area contributed by atoms with E-state index in [9.17, 15) is 4.79 Å². The second-order valence-corrected chi connectivity index (χ2v) is 4.25. The van der Waals surface area contributed by atoms with Gasteiger partial charge >= 0.3 is 5.97 Å². The minimum Gasteiger partial charge on any atom is -0.496 e. The van der Waals surface area contributed by atoms with Crippen molar-refractivity contribution in [2.45, 2.75) is 19.8 Å². The van der Waals surface area contributed by atoms with Gasteiger partial charge in [0.05, 0.1) is 28.4 Å². The zero-order valence-corrected chi connectivity index (χ0v) is 12.2. The maximum Gasteiger partial charge on any atom is 0.341 e. The number of carbonyl (C=O) groups is 1. The maximum absolute atomic E-state index is 11.8. The molecule has 0 heterocycles. The van der Waals surface area contributed by atoms with Crippen molar-refractivity contribution in [2.75, 3.05) is 28.4 Å². The van der Waals surface area contributed by atoms with Crippen LogP contribution >= 0.6 is 0 Å². The van der Waals surface area contributed by atoms with E-state index in [1.54, 1.807) is 13.2 Å². The Kier molecular flexibility index (Phi) is 5.03. The highest BCUT2D eigenvalue weighted by Gasteiger charge is 2.26. The van der Waals surface area contributed by atoms with Gasteiger partial charge in [-0.15, -0.1) is 0 Å². The molecule has 0 fully saturated rings. The summed E-state index contributed by atoms with van der Waals surface area (Å²) in [6.07, 6.45) is 0. The van der Waals surface area contributed by atoms with Crippen molar-refractivity contribution in [1.82, 2.24) is 0 Å². The zero-order chi connectivity index (χ0) is 14.6. The van der Waals surface area contributed by atoms with Gasteiger partial charge in [-0.2, -0.15) is 0 Å². The van der Waals surface area contributed by atoms with Gasteiger partial charge in [-0.3, -0.25) is 0 Å². The molecule has 0 saturated heterocycles. The number of hydrogen-bond acceptors (Lipinski definition) is 5. The first-order valence-electron chi connectivity index (χ1n) is 5.92. The molecule has 1 aromatic rings. The summed E-state index contributed by atoms with van der Waals surface area (Å²) in [5, 5.41) is 0. The molecule has 106 valence electrons. The van der Waals surface area contributed by atoms with E-state index in [0.29, 0.717) is 17.2 Å². The Bertz CT molecular complexity index is 465. The van der Waals surface area contributed by atoms with Crippen LogP contribution in [0.3, 0.4) is 0 Å². The van der Waals surface area contributed by atoms with Crippen LogP contribution in [-0.2, 0) is 4.74 Å². The van der Waals surface area contributed by atoms with Crippen LogP contribution < -0.4 is 14.2 Å². The molecule has 0 radical (unpaired) electrons. The van der Waals surface area contributed by atoms with Gasteiger partial charge in [-0.25, -0.2) is 4.79 Å². The van der Waals surface area contributed by atoms with Gasteiger partial charge in [0.15, 0.2) is 11.5 Å². The summed E-state index contributed by atoms with van der Waals surface area (Å²) in [6, 6.07) is 1.61. The minimum absolute atomic E-state index is 0.158. The number of rotatable bonds is 5. The lowest BCUT2D eigenvalue weighted by Gasteiger charge is -2.20. The fourth-order valence-electron chi connectivity index (χ4n) is 2.01. The lowest BCUT2D eigenvalue weighted by Crippen LogP contribution is -2.09. The van der Waals surface area contributed by atoms with E-state index >= 15 is 0 Å². The number of ether oxygens (including phenoxy) is 4. The Morgan fingerprint density at radius 1 is 1.00 bits per heavy atom. The second kappa shape index (κ2) is 6.31. The molecule has 0 unspecified atom stereocenters. The molecule has 0 aliphatic heterocycles. The predicted octanol–water partition coefficient (Wildman–Crippen LogP) is 2.62. The molecule has 0 atom stereocenters. The van der Waals surface area contributed by atoms with Crippen LogP contribution in [-0.4, -0.2) is 34.4 Å².